The molecule has 3 aromatic carbocycles. The lowest BCUT2D eigenvalue weighted by atomic mass is 9.98. The highest BCUT2D eigenvalue weighted by molar-refractivity contribution is 6.04. The number of methoxy groups -OCH3 is 1. The monoisotopic (exact) mass is 558 g/mol. The number of carboxylic acid groups (broad SMARTS) is 1. The summed E-state index contributed by atoms with van der Waals surface area (Å²) in [7, 11) is 1.17. The quantitative estimate of drug-likeness (QED) is 0.117. The zero-order valence-electron chi connectivity index (χ0n) is 22.7. The molecule has 0 aliphatic rings. The standard InChI is InChI=1S/C29H30N6O6/c1-4-17(2)19-9-11-24(12-10-19)35(16-18-5-7-20(8-6-18)25(36)33-28(30)34-31)29(40)32-23-14-21(26(37)38)13-22(15-23)27(39)41-3/h5-15,17,31H,4,16H2,1-3H3,(H,32,40)(H,37,38)(H2,30,33,36). The lowest BCUT2D eigenvalue weighted by molar-refractivity contribution is 0.0600. The van der Waals surface area contributed by atoms with Gasteiger partial charge < -0.3 is 20.9 Å². The minimum Gasteiger partial charge on any atom is -0.478 e. The number of hydrogen-bond donors (Lipinski definition) is 4. The second-order valence-electron chi connectivity index (χ2n) is 9.10. The number of esters is 1. The van der Waals surface area contributed by atoms with Gasteiger partial charge in [0.1, 0.15) is 0 Å². The van der Waals surface area contributed by atoms with E-state index in [4.69, 9.17) is 16.0 Å². The summed E-state index contributed by atoms with van der Waals surface area (Å²) in [4.78, 5) is 54.5. The maximum absolute atomic E-state index is 13.6. The molecule has 12 heteroatoms. The number of urea groups is 1. The summed E-state index contributed by atoms with van der Waals surface area (Å²) in [5, 5.41) is 15.1. The Bertz CT molecular complexity index is 1480. The molecular formula is C29H30N6O6. The second kappa shape index (κ2) is 13.6. The number of carbonyl (C=O) groups is 4. The summed E-state index contributed by atoms with van der Waals surface area (Å²) in [5.74, 6) is -2.84. The molecule has 0 radical (unpaired) electrons. The summed E-state index contributed by atoms with van der Waals surface area (Å²) in [5.41, 5.74) is 14.6. The number of guanidine groups is 1. The van der Waals surface area contributed by atoms with Crippen LogP contribution in [-0.4, -0.2) is 42.1 Å². The maximum Gasteiger partial charge on any atom is 0.337 e. The average Bonchev–Trinajstić information content (AvgIpc) is 2.98. The minimum atomic E-state index is -1.28. The van der Waals surface area contributed by atoms with Gasteiger partial charge in [-0.25, -0.2) is 19.9 Å². The van der Waals surface area contributed by atoms with Crippen molar-refractivity contribution < 1.29 is 29.0 Å². The molecule has 0 heterocycles. The van der Waals surface area contributed by atoms with E-state index in [1.807, 2.05) is 24.3 Å². The molecule has 0 bridgehead atoms. The first-order chi connectivity index (χ1) is 19.6. The molecule has 0 fully saturated rings. The Balaban J connectivity index is 1.96. The van der Waals surface area contributed by atoms with Crippen molar-refractivity contribution in [2.45, 2.75) is 32.7 Å². The highest BCUT2D eigenvalue weighted by Crippen LogP contribution is 2.25. The van der Waals surface area contributed by atoms with E-state index in [2.05, 4.69) is 29.3 Å². The van der Waals surface area contributed by atoms with Gasteiger partial charge in [0.2, 0.25) is 5.96 Å². The highest BCUT2D eigenvalue weighted by Gasteiger charge is 2.20. The van der Waals surface area contributed by atoms with E-state index in [9.17, 15) is 24.3 Å². The summed E-state index contributed by atoms with van der Waals surface area (Å²) in [6, 6.07) is 17.0. The van der Waals surface area contributed by atoms with Crippen LogP contribution >= 0.6 is 0 Å². The van der Waals surface area contributed by atoms with E-state index >= 15 is 0 Å². The second-order valence-corrected chi connectivity index (χ2v) is 9.10. The number of anilines is 2. The smallest absolute Gasteiger partial charge is 0.337 e. The summed E-state index contributed by atoms with van der Waals surface area (Å²) >= 11 is 0. The Kier molecular flexibility index (Phi) is 10.0. The number of aromatic carboxylic acids is 1. The number of ether oxygens (including phenoxy) is 1. The van der Waals surface area contributed by atoms with E-state index in [1.54, 1.807) is 12.1 Å². The zero-order valence-corrected chi connectivity index (χ0v) is 22.7. The van der Waals surface area contributed by atoms with Crippen LogP contribution in [-0.2, 0) is 11.3 Å². The molecule has 0 aliphatic heterocycles. The third-order valence-electron chi connectivity index (χ3n) is 6.36. The fraction of sp³-hybridized carbons (Fsp3) is 0.207. The molecule has 5 N–H and O–H groups in total. The van der Waals surface area contributed by atoms with Gasteiger partial charge in [0, 0.05) is 16.9 Å². The molecule has 1 unspecified atom stereocenters. The topological polar surface area (TPSA) is 188 Å². The third kappa shape index (κ3) is 7.82. The number of benzene rings is 3. The van der Waals surface area contributed by atoms with Gasteiger partial charge in [-0.3, -0.25) is 9.69 Å². The Morgan fingerprint density at radius 2 is 1.63 bits per heavy atom. The molecule has 1 atom stereocenters. The number of aliphatic imine (C=N–C) groups is 1. The van der Waals surface area contributed by atoms with Gasteiger partial charge in [-0.2, -0.15) is 4.99 Å². The molecule has 0 saturated heterocycles. The molecule has 3 amide bonds. The van der Waals surface area contributed by atoms with Crippen LogP contribution in [0.5, 0.6) is 0 Å². The van der Waals surface area contributed by atoms with Gasteiger partial charge in [-0.1, -0.05) is 38.1 Å². The van der Waals surface area contributed by atoms with E-state index in [0.29, 0.717) is 17.2 Å². The van der Waals surface area contributed by atoms with Crippen LogP contribution in [0.15, 0.2) is 76.8 Å². The average molecular weight is 559 g/mol. The number of carbonyl (C=O) groups excluding carboxylic acids is 3. The zero-order chi connectivity index (χ0) is 30.1. The lowest BCUT2D eigenvalue weighted by Gasteiger charge is -2.24. The van der Waals surface area contributed by atoms with Crippen molar-refractivity contribution in [3.63, 3.8) is 0 Å². The van der Waals surface area contributed by atoms with Crippen LogP contribution in [0.1, 0.15) is 68.4 Å². The van der Waals surface area contributed by atoms with Gasteiger partial charge in [0.05, 0.1) is 24.8 Å². The number of nitrogens with one attached hydrogen (secondary N) is 2. The van der Waals surface area contributed by atoms with Crippen molar-refractivity contribution in [2.24, 2.45) is 15.8 Å². The first-order valence-corrected chi connectivity index (χ1v) is 12.6. The van der Waals surface area contributed by atoms with Crippen molar-refractivity contribution in [3.05, 3.63) is 94.5 Å². The van der Waals surface area contributed by atoms with Crippen LogP contribution in [0.3, 0.4) is 0 Å². The molecule has 0 saturated carbocycles. The molecule has 41 heavy (non-hydrogen) atoms. The third-order valence-corrected chi connectivity index (χ3v) is 6.36. The summed E-state index contributed by atoms with van der Waals surface area (Å²) < 4.78 is 4.71. The van der Waals surface area contributed by atoms with Crippen LogP contribution in [0.4, 0.5) is 16.2 Å². The maximum atomic E-state index is 13.6. The Labute approximate surface area is 236 Å². The predicted octanol–water partition coefficient (Wildman–Crippen LogP) is 5.41. The number of carboxylic acids is 1. The van der Waals surface area contributed by atoms with Gasteiger partial charge in [0.15, 0.2) is 0 Å². The minimum absolute atomic E-state index is 0.0334. The summed E-state index contributed by atoms with van der Waals surface area (Å²) in [6.07, 6.45) is 0.947. The van der Waals surface area contributed by atoms with Crippen molar-refractivity contribution in [1.82, 2.24) is 0 Å². The number of rotatable bonds is 9. The predicted molar refractivity (Wildman–Crippen MR) is 153 cm³/mol. The Morgan fingerprint density at radius 3 is 2.20 bits per heavy atom. The number of nitrogens with two attached hydrogens (primary N) is 1. The molecule has 0 spiro atoms. The van der Waals surface area contributed by atoms with Crippen molar-refractivity contribution in [1.29, 1.82) is 5.53 Å². The normalized spacial score (nSPS) is 11.7. The largest absolute Gasteiger partial charge is 0.478 e. The fourth-order valence-electron chi connectivity index (χ4n) is 3.88. The highest BCUT2D eigenvalue weighted by atomic mass is 16.5. The Morgan fingerprint density at radius 1 is 1.00 bits per heavy atom. The first kappa shape index (κ1) is 30.2. The number of nitrogens with zero attached hydrogens (tertiary/aromatic N) is 3. The number of amides is 3. The van der Waals surface area contributed by atoms with E-state index in [1.165, 1.54) is 36.3 Å². The molecule has 3 aromatic rings. The van der Waals surface area contributed by atoms with Crippen molar-refractivity contribution in [3.8, 4) is 0 Å². The first-order valence-electron chi connectivity index (χ1n) is 12.6. The van der Waals surface area contributed by atoms with Gasteiger partial charge >= 0.3 is 18.0 Å². The van der Waals surface area contributed by atoms with Crippen LogP contribution in [0.2, 0.25) is 0 Å². The van der Waals surface area contributed by atoms with Crippen LogP contribution in [0, 0.1) is 5.53 Å². The van der Waals surface area contributed by atoms with E-state index in [0.717, 1.165) is 18.1 Å². The molecule has 0 aliphatic carbocycles. The van der Waals surface area contributed by atoms with Crippen molar-refractivity contribution in [2.75, 3.05) is 17.3 Å². The molecule has 3 rings (SSSR count). The summed E-state index contributed by atoms with van der Waals surface area (Å²) in [6.45, 7) is 4.27. The van der Waals surface area contributed by atoms with Crippen LogP contribution in [0.25, 0.3) is 0 Å². The molecule has 12 nitrogen and oxygen atoms in total. The van der Waals surface area contributed by atoms with Gasteiger partial charge in [0.25, 0.3) is 5.91 Å². The molecular weight excluding hydrogens is 528 g/mol. The lowest BCUT2D eigenvalue weighted by Crippen LogP contribution is -2.34. The molecule has 0 aromatic heterocycles. The van der Waals surface area contributed by atoms with Crippen molar-refractivity contribution >= 4 is 41.2 Å². The van der Waals surface area contributed by atoms with E-state index < -0.39 is 29.8 Å². The van der Waals surface area contributed by atoms with Gasteiger partial charge in [-0.05, 0) is 65.9 Å². The Hall–Kier alpha value is -5.39. The van der Waals surface area contributed by atoms with Gasteiger partial charge in [-0.15, -0.1) is 5.11 Å². The van der Waals surface area contributed by atoms with Crippen LogP contribution < -0.4 is 16.0 Å². The van der Waals surface area contributed by atoms with E-state index in [-0.39, 0.29) is 28.9 Å². The number of hydrogen-bond acceptors (Lipinski definition) is 6. The SMILES string of the molecule is CCC(C)c1ccc(N(Cc2ccc(C(=O)N=C(N)N=N)cc2)C(=O)Nc2cc(C(=O)O)cc(C(=O)OC)c2)cc1. The fourth-order valence-corrected chi connectivity index (χ4v) is 3.88. The molecule has 212 valence electrons.